The molecular formula is C14H25ClN4. The Morgan fingerprint density at radius 1 is 1.47 bits per heavy atom. The zero-order chi connectivity index (χ0) is 13.8. The molecule has 1 aromatic rings. The van der Waals surface area contributed by atoms with Crippen molar-refractivity contribution in [3.05, 3.63) is 16.4 Å². The van der Waals surface area contributed by atoms with Crippen molar-refractivity contribution in [3.63, 3.8) is 0 Å². The number of aryl methyl sites for hydroxylation is 2. The fourth-order valence-corrected chi connectivity index (χ4v) is 3.12. The van der Waals surface area contributed by atoms with Gasteiger partial charge in [0.1, 0.15) is 5.15 Å². The Hall–Kier alpha value is -0.580. The van der Waals surface area contributed by atoms with Gasteiger partial charge in [-0.05, 0) is 45.3 Å². The molecule has 1 aromatic heterocycles. The van der Waals surface area contributed by atoms with Gasteiger partial charge in [0.05, 0.1) is 5.69 Å². The highest BCUT2D eigenvalue weighted by Crippen LogP contribution is 2.23. The number of halogens is 1. The summed E-state index contributed by atoms with van der Waals surface area (Å²) >= 11 is 6.31. The van der Waals surface area contributed by atoms with Crippen LogP contribution < -0.4 is 5.32 Å². The SMILES string of the molecule is CCNCC1CCCN(Cc2c(C)nn(C)c2Cl)C1. The van der Waals surface area contributed by atoms with Gasteiger partial charge in [0.2, 0.25) is 0 Å². The molecule has 2 rings (SSSR count). The highest BCUT2D eigenvalue weighted by molar-refractivity contribution is 6.30. The third-order valence-corrected chi connectivity index (χ3v) is 4.41. The molecule has 1 aliphatic rings. The standard InChI is InChI=1S/C14H25ClN4/c1-4-16-8-12-6-5-7-19(9-12)10-13-11(2)17-18(3)14(13)15/h12,16H,4-10H2,1-3H3. The van der Waals surface area contributed by atoms with Gasteiger partial charge >= 0.3 is 0 Å². The quantitative estimate of drug-likeness (QED) is 0.900. The second kappa shape index (κ2) is 6.73. The van der Waals surface area contributed by atoms with E-state index in [0.717, 1.165) is 42.9 Å². The molecule has 0 saturated carbocycles. The fourth-order valence-electron chi connectivity index (χ4n) is 2.89. The molecule has 0 bridgehead atoms. The number of rotatable bonds is 5. The molecule has 0 spiro atoms. The molecule has 19 heavy (non-hydrogen) atoms. The summed E-state index contributed by atoms with van der Waals surface area (Å²) in [4.78, 5) is 2.52. The lowest BCUT2D eigenvalue weighted by atomic mass is 9.97. The van der Waals surface area contributed by atoms with Gasteiger partial charge in [-0.3, -0.25) is 9.58 Å². The molecule has 1 aliphatic heterocycles. The lowest BCUT2D eigenvalue weighted by Crippen LogP contribution is -2.39. The Bertz CT molecular complexity index is 416. The number of nitrogens with one attached hydrogen (secondary N) is 1. The molecular weight excluding hydrogens is 260 g/mol. The summed E-state index contributed by atoms with van der Waals surface area (Å²) in [7, 11) is 1.91. The van der Waals surface area contributed by atoms with Crippen LogP contribution in [0.25, 0.3) is 0 Å². The van der Waals surface area contributed by atoms with E-state index in [4.69, 9.17) is 11.6 Å². The van der Waals surface area contributed by atoms with Crippen LogP contribution in [0.1, 0.15) is 31.0 Å². The molecule has 5 heteroatoms. The maximum Gasteiger partial charge on any atom is 0.131 e. The number of aromatic nitrogens is 2. The largest absolute Gasteiger partial charge is 0.317 e. The van der Waals surface area contributed by atoms with Gasteiger partial charge in [0.25, 0.3) is 0 Å². The smallest absolute Gasteiger partial charge is 0.131 e. The summed E-state index contributed by atoms with van der Waals surface area (Å²) < 4.78 is 1.77. The van der Waals surface area contributed by atoms with Crippen LogP contribution in [0, 0.1) is 12.8 Å². The Morgan fingerprint density at radius 3 is 2.89 bits per heavy atom. The van der Waals surface area contributed by atoms with Crippen LogP contribution in [0.15, 0.2) is 0 Å². The lowest BCUT2D eigenvalue weighted by molar-refractivity contribution is 0.165. The number of hydrogen-bond acceptors (Lipinski definition) is 3. The van der Waals surface area contributed by atoms with Crippen molar-refractivity contribution in [1.82, 2.24) is 20.0 Å². The molecule has 1 atom stereocenters. The van der Waals surface area contributed by atoms with Crippen LogP contribution in [0.2, 0.25) is 5.15 Å². The predicted octanol–water partition coefficient (Wildman–Crippen LogP) is 2.20. The van der Waals surface area contributed by atoms with E-state index in [-0.39, 0.29) is 0 Å². The van der Waals surface area contributed by atoms with E-state index in [1.807, 2.05) is 14.0 Å². The maximum atomic E-state index is 6.31. The topological polar surface area (TPSA) is 33.1 Å². The van der Waals surface area contributed by atoms with Gasteiger partial charge in [-0.25, -0.2) is 0 Å². The second-order valence-corrected chi connectivity index (χ2v) is 5.89. The summed E-state index contributed by atoms with van der Waals surface area (Å²) in [5.41, 5.74) is 2.24. The van der Waals surface area contributed by atoms with Crippen molar-refractivity contribution < 1.29 is 0 Å². The average Bonchev–Trinajstić information content (AvgIpc) is 2.64. The van der Waals surface area contributed by atoms with Gasteiger partial charge < -0.3 is 5.32 Å². The van der Waals surface area contributed by atoms with Gasteiger partial charge in [-0.15, -0.1) is 0 Å². The summed E-state index contributed by atoms with van der Waals surface area (Å²) in [6.07, 6.45) is 2.62. The first-order valence-corrected chi connectivity index (χ1v) is 7.60. The first kappa shape index (κ1) is 14.8. The zero-order valence-electron chi connectivity index (χ0n) is 12.2. The van der Waals surface area contributed by atoms with E-state index in [2.05, 4.69) is 22.2 Å². The first-order valence-electron chi connectivity index (χ1n) is 7.22. The van der Waals surface area contributed by atoms with E-state index < -0.39 is 0 Å². The van der Waals surface area contributed by atoms with Crippen LogP contribution in [-0.4, -0.2) is 40.9 Å². The summed E-state index contributed by atoms with van der Waals surface area (Å²) in [6, 6.07) is 0. The monoisotopic (exact) mass is 284 g/mol. The number of likely N-dealkylation sites (tertiary alicyclic amines) is 1. The van der Waals surface area contributed by atoms with Crippen molar-refractivity contribution >= 4 is 11.6 Å². The predicted molar refractivity (Wildman–Crippen MR) is 79.5 cm³/mol. The molecule has 0 radical (unpaired) electrons. The number of piperidine rings is 1. The molecule has 2 heterocycles. The molecule has 0 amide bonds. The van der Waals surface area contributed by atoms with Crippen LogP contribution in [0.3, 0.4) is 0 Å². The maximum absolute atomic E-state index is 6.31. The Morgan fingerprint density at radius 2 is 2.26 bits per heavy atom. The molecule has 1 saturated heterocycles. The summed E-state index contributed by atoms with van der Waals surface area (Å²) in [5.74, 6) is 0.768. The molecule has 1 N–H and O–H groups in total. The Labute approximate surface area is 121 Å². The van der Waals surface area contributed by atoms with Crippen LogP contribution >= 0.6 is 11.6 Å². The van der Waals surface area contributed by atoms with E-state index in [1.165, 1.54) is 24.9 Å². The second-order valence-electron chi connectivity index (χ2n) is 5.53. The summed E-state index contributed by atoms with van der Waals surface area (Å²) in [5, 5.41) is 8.63. The van der Waals surface area contributed by atoms with E-state index >= 15 is 0 Å². The van der Waals surface area contributed by atoms with Crippen LogP contribution in [0.5, 0.6) is 0 Å². The normalized spacial score (nSPS) is 20.9. The molecule has 108 valence electrons. The number of hydrogen-bond donors (Lipinski definition) is 1. The highest BCUT2D eigenvalue weighted by Gasteiger charge is 2.22. The van der Waals surface area contributed by atoms with E-state index in [0.29, 0.717) is 0 Å². The van der Waals surface area contributed by atoms with Gasteiger partial charge in [-0.1, -0.05) is 18.5 Å². The third-order valence-electron chi connectivity index (χ3n) is 3.94. The third kappa shape index (κ3) is 3.71. The van der Waals surface area contributed by atoms with Gasteiger partial charge in [0, 0.05) is 25.7 Å². The van der Waals surface area contributed by atoms with E-state index in [1.54, 1.807) is 4.68 Å². The number of nitrogens with zero attached hydrogens (tertiary/aromatic N) is 3. The molecule has 4 nitrogen and oxygen atoms in total. The van der Waals surface area contributed by atoms with Crippen LogP contribution in [-0.2, 0) is 13.6 Å². The highest BCUT2D eigenvalue weighted by atomic mass is 35.5. The van der Waals surface area contributed by atoms with Crippen LogP contribution in [0.4, 0.5) is 0 Å². The van der Waals surface area contributed by atoms with Gasteiger partial charge in [-0.2, -0.15) is 5.10 Å². The summed E-state index contributed by atoms with van der Waals surface area (Å²) in [6.45, 7) is 9.67. The Balaban J connectivity index is 1.95. The minimum absolute atomic E-state index is 0.768. The lowest BCUT2D eigenvalue weighted by Gasteiger charge is -2.32. The minimum atomic E-state index is 0.768. The van der Waals surface area contributed by atoms with Crippen molar-refractivity contribution in [2.45, 2.75) is 33.2 Å². The van der Waals surface area contributed by atoms with Crippen molar-refractivity contribution in [3.8, 4) is 0 Å². The molecule has 0 aliphatic carbocycles. The van der Waals surface area contributed by atoms with Crippen molar-refractivity contribution in [1.29, 1.82) is 0 Å². The Kier molecular flexibility index (Phi) is 5.25. The molecule has 1 fully saturated rings. The van der Waals surface area contributed by atoms with Crippen molar-refractivity contribution in [2.24, 2.45) is 13.0 Å². The molecule has 0 aromatic carbocycles. The minimum Gasteiger partial charge on any atom is -0.317 e. The fraction of sp³-hybridized carbons (Fsp3) is 0.786. The molecule has 1 unspecified atom stereocenters. The van der Waals surface area contributed by atoms with Crippen molar-refractivity contribution in [2.75, 3.05) is 26.2 Å². The zero-order valence-corrected chi connectivity index (χ0v) is 13.0. The first-order chi connectivity index (χ1) is 9.11. The average molecular weight is 285 g/mol. The van der Waals surface area contributed by atoms with Gasteiger partial charge in [0.15, 0.2) is 0 Å². The van der Waals surface area contributed by atoms with E-state index in [9.17, 15) is 0 Å².